The van der Waals surface area contributed by atoms with Gasteiger partial charge in [-0.05, 0) is 128 Å². The van der Waals surface area contributed by atoms with Gasteiger partial charge >= 0.3 is 18.0 Å². The number of carboxylic acid groups (broad SMARTS) is 2. The van der Waals surface area contributed by atoms with Crippen molar-refractivity contribution in [2.24, 2.45) is 16.2 Å². The van der Waals surface area contributed by atoms with Crippen molar-refractivity contribution in [1.82, 2.24) is 34.9 Å². The summed E-state index contributed by atoms with van der Waals surface area (Å²) in [5.41, 5.74) is 4.66. The molecule has 28 heteroatoms. The number of thiazole rings is 1. The molecule has 5 amide bonds. The number of hydrogen-bond acceptors (Lipinski definition) is 21. The molecular formula is C69H79N9O18S. The molecule has 13 rings (SSSR count). The Morgan fingerprint density at radius 3 is 2.36 bits per heavy atom. The van der Waals surface area contributed by atoms with Crippen molar-refractivity contribution in [3.05, 3.63) is 125 Å². The summed E-state index contributed by atoms with van der Waals surface area (Å²) < 4.78 is 38.6. The van der Waals surface area contributed by atoms with E-state index in [1.54, 1.807) is 25.4 Å². The Hall–Kier alpha value is -8.90. The minimum absolute atomic E-state index is 0.00472. The number of aliphatic hydroxyl groups excluding tert-OH is 3. The molecule has 27 nitrogen and oxygen atoms in total. The zero-order valence-corrected chi connectivity index (χ0v) is 55.1. The number of nitrogens with one attached hydrogen (secondary N) is 2. The van der Waals surface area contributed by atoms with Gasteiger partial charge in [-0.1, -0.05) is 49.4 Å². The zero-order valence-electron chi connectivity index (χ0n) is 54.3. The fraction of sp³-hybridized carbons (Fsp3) is 0.478. The lowest BCUT2D eigenvalue weighted by molar-refractivity contribution is -0.271. The van der Waals surface area contributed by atoms with Gasteiger partial charge in [-0.3, -0.25) is 34.1 Å². The van der Waals surface area contributed by atoms with Gasteiger partial charge in [0.15, 0.2) is 16.9 Å². The van der Waals surface area contributed by atoms with E-state index in [1.165, 1.54) is 46.6 Å². The van der Waals surface area contributed by atoms with Gasteiger partial charge in [-0.25, -0.2) is 24.4 Å². The van der Waals surface area contributed by atoms with E-state index in [1.807, 2.05) is 59.0 Å². The number of ether oxygens (including phenoxy) is 6. The van der Waals surface area contributed by atoms with E-state index in [0.717, 1.165) is 70.5 Å². The van der Waals surface area contributed by atoms with Crippen molar-refractivity contribution >= 4 is 74.2 Å². The molecule has 7 atom stereocenters. The van der Waals surface area contributed by atoms with Crippen LogP contribution in [-0.4, -0.2) is 193 Å². The highest BCUT2D eigenvalue weighted by molar-refractivity contribution is 7.22. The third-order valence-electron chi connectivity index (χ3n) is 19.3. The first-order valence-corrected chi connectivity index (χ1v) is 33.2. The highest BCUT2D eigenvalue weighted by Crippen LogP contribution is 2.72. The van der Waals surface area contributed by atoms with Crippen molar-refractivity contribution < 1.29 is 87.5 Å². The monoisotopic (exact) mass is 1350 g/mol. The zero-order chi connectivity index (χ0) is 68.6. The number of aliphatic carboxylic acids is 1. The number of pyridine rings is 1. The fourth-order valence-electron chi connectivity index (χ4n) is 16.0. The molecular weight excluding hydrogens is 1270 g/mol. The van der Waals surface area contributed by atoms with E-state index in [-0.39, 0.29) is 111 Å². The predicted octanol–water partition coefficient (Wildman–Crippen LogP) is 6.27. The number of rotatable bonds is 27. The maximum Gasteiger partial charge on any atom is 0.409 e. The van der Waals surface area contributed by atoms with E-state index in [2.05, 4.69) is 29.5 Å². The Kier molecular flexibility index (Phi) is 19.6. The highest BCUT2D eigenvalue weighted by atomic mass is 32.1. The Labute approximate surface area is 562 Å². The number of carboxylic acids is 2. The van der Waals surface area contributed by atoms with Crippen molar-refractivity contribution in [2.75, 3.05) is 69.9 Å². The molecule has 3 aliphatic heterocycles. The van der Waals surface area contributed by atoms with E-state index < -0.39 is 66.2 Å². The first-order chi connectivity index (χ1) is 46.4. The number of carbonyl (C=O) groups excluding carboxylic acids is 5. The molecule has 2 unspecified atom stereocenters. The summed E-state index contributed by atoms with van der Waals surface area (Å²) in [6.45, 7) is 8.69. The van der Waals surface area contributed by atoms with Crippen LogP contribution in [-0.2, 0) is 64.2 Å². The van der Waals surface area contributed by atoms with Gasteiger partial charge in [0.05, 0.1) is 41.8 Å². The van der Waals surface area contributed by atoms with Gasteiger partial charge in [0, 0.05) is 98.9 Å². The topological polar surface area (TPSA) is 353 Å². The molecule has 7 N–H and O–H groups in total. The Bertz CT molecular complexity index is 3990. The van der Waals surface area contributed by atoms with Crippen LogP contribution >= 0.6 is 11.3 Å². The molecule has 7 aliphatic rings. The number of likely N-dealkylation sites (N-methyl/N-ethyl adjacent to an activating group) is 1. The molecule has 514 valence electrons. The number of imide groups is 1. The van der Waals surface area contributed by atoms with Gasteiger partial charge in [0.25, 0.3) is 17.7 Å². The third-order valence-corrected chi connectivity index (χ3v) is 20.3. The quantitative estimate of drug-likeness (QED) is 0.0221. The summed E-state index contributed by atoms with van der Waals surface area (Å²) in [5, 5.41) is 62.8. The minimum atomic E-state index is -1.94. The molecule has 97 heavy (non-hydrogen) atoms. The number of nitrogens with zero attached hydrogens (tertiary/aromatic N) is 7. The van der Waals surface area contributed by atoms with Crippen LogP contribution in [0.1, 0.15) is 108 Å². The van der Waals surface area contributed by atoms with Gasteiger partial charge in [0.2, 0.25) is 12.2 Å². The minimum Gasteiger partial charge on any atom is -0.491 e. The Morgan fingerprint density at radius 1 is 0.835 bits per heavy atom. The van der Waals surface area contributed by atoms with Crippen molar-refractivity contribution in [1.29, 1.82) is 0 Å². The van der Waals surface area contributed by atoms with Crippen molar-refractivity contribution in [2.45, 2.75) is 135 Å². The number of para-hydroxylation sites is 1. The molecule has 3 aromatic carbocycles. The van der Waals surface area contributed by atoms with E-state index >= 15 is 0 Å². The number of anilines is 2. The second-order valence-corrected chi connectivity index (χ2v) is 28.1. The van der Waals surface area contributed by atoms with Gasteiger partial charge in [-0.2, -0.15) is 5.10 Å². The molecule has 4 bridgehead atoms. The number of fused-ring (bicyclic) bond motifs is 2. The normalized spacial score (nSPS) is 25.5. The number of hydrogen-bond donors (Lipinski definition) is 7. The second-order valence-electron chi connectivity index (χ2n) is 27.1. The number of aliphatic hydroxyl groups is 3. The molecule has 6 heterocycles. The van der Waals surface area contributed by atoms with Gasteiger partial charge in [0.1, 0.15) is 48.8 Å². The smallest absolute Gasteiger partial charge is 0.409 e. The van der Waals surface area contributed by atoms with Crippen LogP contribution in [0.3, 0.4) is 0 Å². The van der Waals surface area contributed by atoms with Crippen LogP contribution < -0.4 is 25.0 Å². The summed E-state index contributed by atoms with van der Waals surface area (Å²) in [6.07, 6.45) is 0.551. The molecule has 5 fully saturated rings. The number of amides is 5. The summed E-state index contributed by atoms with van der Waals surface area (Å²) in [5.74, 6) is -3.52. The highest BCUT2D eigenvalue weighted by Gasteiger charge is 2.66. The lowest BCUT2D eigenvalue weighted by atomic mass is 9.39. The SMILES string of the molecule is Cc1c(-c2ccc(N3CCc4cccc(C(=O)Nc5nc6ccccc6s5)c4C3)nc2C(=O)O)cnn1CC12CC3(C)CC(C)(C1)CC(OCCN(C)C(=O)OCc1ccc(O[C@@H]4O[C@H](C(=O)O)[C@@H](O)[C@H](O)[C@H]4O)cc1OCCOCCNC(=O)CCCN1C(=O)C=CC1=O)(C3)C2. The van der Waals surface area contributed by atoms with Crippen LogP contribution in [0, 0.1) is 23.2 Å². The van der Waals surface area contributed by atoms with Crippen LogP contribution in [0.4, 0.5) is 15.7 Å². The molecule has 6 aromatic rings. The van der Waals surface area contributed by atoms with Crippen molar-refractivity contribution in [3.63, 3.8) is 0 Å². The van der Waals surface area contributed by atoms with Crippen LogP contribution in [0.2, 0.25) is 0 Å². The summed E-state index contributed by atoms with van der Waals surface area (Å²) in [6, 6.07) is 21.4. The lowest BCUT2D eigenvalue weighted by Crippen LogP contribution is -2.64. The summed E-state index contributed by atoms with van der Waals surface area (Å²) in [4.78, 5) is 102. The lowest BCUT2D eigenvalue weighted by Gasteiger charge is -2.69. The van der Waals surface area contributed by atoms with Crippen LogP contribution in [0.5, 0.6) is 11.5 Å². The average molecular weight is 1350 g/mol. The molecule has 3 aromatic heterocycles. The predicted molar refractivity (Wildman–Crippen MR) is 350 cm³/mol. The number of aromatic carboxylic acids is 1. The molecule has 0 spiro atoms. The van der Waals surface area contributed by atoms with E-state index in [4.69, 9.17) is 38.5 Å². The maximum atomic E-state index is 13.8. The third kappa shape index (κ3) is 14.8. The first kappa shape index (κ1) is 68.1. The summed E-state index contributed by atoms with van der Waals surface area (Å²) >= 11 is 1.41. The largest absolute Gasteiger partial charge is 0.491 e. The van der Waals surface area contributed by atoms with E-state index in [0.29, 0.717) is 59.3 Å². The van der Waals surface area contributed by atoms with Crippen LogP contribution in [0.15, 0.2) is 91.1 Å². The first-order valence-electron chi connectivity index (χ1n) is 32.4. The maximum absolute atomic E-state index is 13.8. The number of aromatic nitrogens is 4. The Balaban J connectivity index is 0.660. The molecule has 4 saturated carbocycles. The van der Waals surface area contributed by atoms with Crippen LogP contribution in [0.25, 0.3) is 21.3 Å². The Morgan fingerprint density at radius 2 is 1.61 bits per heavy atom. The molecule has 1 saturated heterocycles. The molecule has 4 aliphatic carbocycles. The van der Waals surface area contributed by atoms with Gasteiger partial charge < -0.3 is 69.1 Å². The van der Waals surface area contributed by atoms with Gasteiger partial charge in [-0.15, -0.1) is 0 Å². The van der Waals surface area contributed by atoms with Crippen molar-refractivity contribution in [3.8, 4) is 22.6 Å². The molecule has 0 radical (unpaired) electrons. The van der Waals surface area contributed by atoms with E-state index in [9.17, 15) is 59.1 Å². The average Bonchev–Trinajstić information content (AvgIpc) is 1.19. The number of benzene rings is 3. The second kappa shape index (κ2) is 27.9. The summed E-state index contributed by atoms with van der Waals surface area (Å²) in [7, 11) is 1.61. The standard InChI is InChI=1S/C69H79N9O18S/c1-40-46(44-16-17-51(73-55(44)61(86)87)76-23-20-41-9-7-10-45(47(41)31-76)60(85)74-64-72-48-11-5-6-12-50(48)97-64)30-71-78(40)39-68-34-66(2)33-67(3,35-68)37-69(36-66,38-68)94-26-24-75(4)65(90)93-32-42-14-15-43(95-63-58(84)56(82)57(83)59(96-63)62(88)89)29-49(42)92-28-27-91-25-21-70-52(79)13-8-22-77-53(80)18-19-54(77)81/h5-7,9-12,14-19,29-30,56-59,63,82-84H,8,13,20-28,31-39H2,1-4H3,(H,70,79)(H,86,87)(H,88,89)(H,72,74,85)/t56-,57-,58+,59-,63+,66?,67?,68?,69?/m0/s1. The fourth-order valence-corrected chi connectivity index (χ4v) is 16.9. The number of carbonyl (C=O) groups is 7.